The molecule has 1 nitrogen and oxygen atoms in total. The molecule has 15 heavy (non-hydrogen) atoms. The fourth-order valence-corrected chi connectivity index (χ4v) is 3.54. The van der Waals surface area contributed by atoms with Crippen molar-refractivity contribution in [2.24, 2.45) is 5.41 Å². The number of fused-ring (bicyclic) bond motifs is 3. The number of piperidine rings is 1. The van der Waals surface area contributed by atoms with E-state index in [1.807, 2.05) is 0 Å². The van der Waals surface area contributed by atoms with Gasteiger partial charge in [0.05, 0.1) is 0 Å². The highest BCUT2D eigenvalue weighted by atomic mass is 15.0. The number of nitrogens with one attached hydrogen (secondary N) is 1. The summed E-state index contributed by atoms with van der Waals surface area (Å²) in [7, 11) is 0. The minimum absolute atomic E-state index is 0.530. The molecule has 3 rings (SSSR count). The number of hydrogen-bond donors (Lipinski definition) is 1. The molecule has 2 unspecified atom stereocenters. The zero-order chi connectivity index (χ0) is 10.3. The molecule has 0 saturated carbocycles. The summed E-state index contributed by atoms with van der Waals surface area (Å²) in [4.78, 5) is 0. The maximum Gasteiger partial charge on any atom is 0.0383 e. The third kappa shape index (κ3) is 1.26. The van der Waals surface area contributed by atoms with Crippen molar-refractivity contribution in [3.63, 3.8) is 0 Å². The van der Waals surface area contributed by atoms with E-state index < -0.39 is 0 Å². The van der Waals surface area contributed by atoms with E-state index >= 15 is 0 Å². The van der Waals surface area contributed by atoms with Gasteiger partial charge in [0, 0.05) is 6.04 Å². The van der Waals surface area contributed by atoms with E-state index in [1.165, 1.54) is 32.2 Å². The highest BCUT2D eigenvalue weighted by Gasteiger charge is 2.45. The van der Waals surface area contributed by atoms with Gasteiger partial charge in [-0.15, -0.1) is 0 Å². The van der Waals surface area contributed by atoms with Crippen molar-refractivity contribution in [2.75, 3.05) is 6.54 Å². The Hall–Kier alpha value is -0.820. The second-order valence-electron chi connectivity index (χ2n) is 5.08. The molecule has 1 aromatic carbocycles. The molecule has 1 heteroatoms. The number of benzene rings is 1. The van der Waals surface area contributed by atoms with E-state index in [9.17, 15) is 0 Å². The van der Waals surface area contributed by atoms with Gasteiger partial charge in [-0.05, 0) is 48.8 Å². The Kier molecular flexibility index (Phi) is 2.10. The minimum atomic E-state index is 0.530. The molecule has 0 bridgehead atoms. The van der Waals surface area contributed by atoms with Crippen LogP contribution in [0.25, 0.3) is 0 Å². The lowest BCUT2D eigenvalue weighted by molar-refractivity contribution is 0.146. The molecule has 1 aromatic rings. The second kappa shape index (κ2) is 3.34. The van der Waals surface area contributed by atoms with Crippen LogP contribution in [0.15, 0.2) is 24.3 Å². The Morgan fingerprint density at radius 1 is 1.40 bits per heavy atom. The Labute approximate surface area is 91.9 Å². The van der Waals surface area contributed by atoms with Crippen LogP contribution in [-0.2, 0) is 6.42 Å². The van der Waals surface area contributed by atoms with Crippen LogP contribution in [0.3, 0.4) is 0 Å². The summed E-state index contributed by atoms with van der Waals surface area (Å²) >= 11 is 0. The predicted molar refractivity (Wildman–Crippen MR) is 62.8 cm³/mol. The van der Waals surface area contributed by atoms with E-state index in [0.29, 0.717) is 11.5 Å². The van der Waals surface area contributed by atoms with Gasteiger partial charge >= 0.3 is 0 Å². The SMILES string of the molecule is CCC12CCCNC1c1ccccc1C2. The Morgan fingerprint density at radius 2 is 2.27 bits per heavy atom. The first-order valence-electron chi connectivity index (χ1n) is 6.17. The van der Waals surface area contributed by atoms with E-state index in [1.54, 1.807) is 11.1 Å². The van der Waals surface area contributed by atoms with E-state index in [-0.39, 0.29) is 0 Å². The van der Waals surface area contributed by atoms with E-state index in [0.717, 1.165) is 0 Å². The van der Waals surface area contributed by atoms with Crippen LogP contribution >= 0.6 is 0 Å². The lowest BCUT2D eigenvalue weighted by Crippen LogP contribution is -2.40. The summed E-state index contributed by atoms with van der Waals surface area (Å²) in [5, 5.41) is 3.73. The Bertz CT molecular complexity index is 371. The molecule has 0 aromatic heterocycles. The van der Waals surface area contributed by atoms with Crippen LogP contribution in [0.1, 0.15) is 43.4 Å². The first-order valence-corrected chi connectivity index (χ1v) is 6.17. The fraction of sp³-hybridized carbons (Fsp3) is 0.571. The van der Waals surface area contributed by atoms with Gasteiger partial charge in [0.15, 0.2) is 0 Å². The third-order valence-electron chi connectivity index (χ3n) is 4.43. The summed E-state index contributed by atoms with van der Waals surface area (Å²) in [6.07, 6.45) is 5.34. The highest BCUT2D eigenvalue weighted by Crippen LogP contribution is 2.52. The molecule has 1 aliphatic carbocycles. The molecule has 80 valence electrons. The molecule has 1 heterocycles. The number of hydrogen-bond acceptors (Lipinski definition) is 1. The molecule has 2 atom stereocenters. The van der Waals surface area contributed by atoms with Crippen LogP contribution in [0.4, 0.5) is 0 Å². The zero-order valence-electron chi connectivity index (χ0n) is 9.42. The Balaban J connectivity index is 2.06. The third-order valence-corrected chi connectivity index (χ3v) is 4.43. The molecular weight excluding hydrogens is 182 g/mol. The summed E-state index contributed by atoms with van der Waals surface area (Å²) in [6, 6.07) is 9.62. The summed E-state index contributed by atoms with van der Waals surface area (Å²) in [6.45, 7) is 3.55. The molecule has 2 aliphatic rings. The molecule has 0 spiro atoms. The molecule has 1 saturated heterocycles. The maximum absolute atomic E-state index is 3.73. The van der Waals surface area contributed by atoms with Crippen LogP contribution < -0.4 is 5.32 Å². The lowest BCUT2D eigenvalue weighted by Gasteiger charge is -2.40. The van der Waals surface area contributed by atoms with Crippen molar-refractivity contribution in [1.29, 1.82) is 0 Å². The highest BCUT2D eigenvalue weighted by molar-refractivity contribution is 5.38. The van der Waals surface area contributed by atoms with Gasteiger partial charge in [0.2, 0.25) is 0 Å². The van der Waals surface area contributed by atoms with Gasteiger partial charge in [0.1, 0.15) is 0 Å². The predicted octanol–water partition coefficient (Wildman–Crippen LogP) is 3.06. The molecule has 0 amide bonds. The molecular formula is C14H19N. The smallest absolute Gasteiger partial charge is 0.0383 e. The summed E-state index contributed by atoms with van der Waals surface area (Å²) in [5.41, 5.74) is 3.68. The van der Waals surface area contributed by atoms with Crippen molar-refractivity contribution < 1.29 is 0 Å². The average molecular weight is 201 g/mol. The van der Waals surface area contributed by atoms with E-state index in [4.69, 9.17) is 0 Å². The van der Waals surface area contributed by atoms with Crippen molar-refractivity contribution in [2.45, 2.75) is 38.6 Å². The summed E-state index contributed by atoms with van der Waals surface area (Å²) in [5.74, 6) is 0. The first-order chi connectivity index (χ1) is 7.36. The maximum atomic E-state index is 3.73. The first kappa shape index (κ1) is 9.41. The van der Waals surface area contributed by atoms with Gasteiger partial charge < -0.3 is 5.32 Å². The summed E-state index contributed by atoms with van der Waals surface area (Å²) < 4.78 is 0. The molecule has 1 fully saturated rings. The fourth-order valence-electron chi connectivity index (χ4n) is 3.54. The number of rotatable bonds is 1. The molecule has 1 aliphatic heterocycles. The van der Waals surface area contributed by atoms with Gasteiger partial charge in [-0.2, -0.15) is 0 Å². The topological polar surface area (TPSA) is 12.0 Å². The van der Waals surface area contributed by atoms with Crippen molar-refractivity contribution in [3.8, 4) is 0 Å². The van der Waals surface area contributed by atoms with Gasteiger partial charge in [-0.1, -0.05) is 31.2 Å². The van der Waals surface area contributed by atoms with Crippen molar-refractivity contribution in [3.05, 3.63) is 35.4 Å². The molecule has 1 N–H and O–H groups in total. The zero-order valence-corrected chi connectivity index (χ0v) is 9.42. The van der Waals surface area contributed by atoms with Gasteiger partial charge in [-0.25, -0.2) is 0 Å². The van der Waals surface area contributed by atoms with Crippen molar-refractivity contribution in [1.82, 2.24) is 5.32 Å². The van der Waals surface area contributed by atoms with E-state index in [2.05, 4.69) is 36.5 Å². The minimum Gasteiger partial charge on any atom is -0.309 e. The lowest BCUT2D eigenvalue weighted by atomic mass is 9.72. The standard InChI is InChI=1S/C14H19N/c1-2-14-8-5-9-15-13(14)12-7-4-3-6-11(12)10-14/h3-4,6-7,13,15H,2,5,8-10H2,1H3. The second-order valence-corrected chi connectivity index (χ2v) is 5.08. The van der Waals surface area contributed by atoms with Crippen LogP contribution in [0, 0.1) is 5.41 Å². The van der Waals surface area contributed by atoms with Crippen LogP contribution in [-0.4, -0.2) is 6.54 Å². The van der Waals surface area contributed by atoms with Gasteiger partial charge in [-0.3, -0.25) is 0 Å². The normalized spacial score (nSPS) is 33.5. The van der Waals surface area contributed by atoms with Crippen LogP contribution in [0.2, 0.25) is 0 Å². The largest absolute Gasteiger partial charge is 0.309 e. The van der Waals surface area contributed by atoms with Crippen molar-refractivity contribution >= 4 is 0 Å². The molecule has 0 radical (unpaired) electrons. The monoisotopic (exact) mass is 201 g/mol. The van der Waals surface area contributed by atoms with Crippen LogP contribution in [0.5, 0.6) is 0 Å². The average Bonchev–Trinajstić information content (AvgIpc) is 2.64. The quantitative estimate of drug-likeness (QED) is 0.736. The van der Waals surface area contributed by atoms with Gasteiger partial charge in [0.25, 0.3) is 0 Å². The Morgan fingerprint density at radius 3 is 3.13 bits per heavy atom.